The van der Waals surface area contributed by atoms with E-state index in [1.54, 1.807) is 24.3 Å². The highest BCUT2D eigenvalue weighted by Gasteiger charge is 2.27. The molecule has 0 aromatic heterocycles. The molecule has 9 heteroatoms. The molecule has 2 aromatic carbocycles. The first-order chi connectivity index (χ1) is 15.3. The van der Waals surface area contributed by atoms with Gasteiger partial charge < -0.3 is 16.4 Å². The molecule has 4 N–H and O–H groups in total. The number of primary amides is 1. The largest absolute Gasteiger partial charge is 0.370 e. The lowest BCUT2D eigenvalue weighted by Gasteiger charge is -2.25. The zero-order chi connectivity index (χ0) is 23.3. The number of nitrogens with zero attached hydrogens (tertiary/aromatic N) is 2. The molecule has 0 saturated carbocycles. The van der Waals surface area contributed by atoms with Crippen LogP contribution in [0.15, 0.2) is 47.6 Å². The predicted molar refractivity (Wildman–Crippen MR) is 121 cm³/mol. The quantitative estimate of drug-likeness (QED) is 0.613. The van der Waals surface area contributed by atoms with E-state index < -0.39 is 17.7 Å². The van der Waals surface area contributed by atoms with Crippen molar-refractivity contribution in [1.82, 2.24) is 5.32 Å². The molecule has 1 aliphatic rings. The number of carbonyl (C=O) groups is 4. The van der Waals surface area contributed by atoms with Crippen LogP contribution in [0.4, 0.5) is 11.4 Å². The van der Waals surface area contributed by atoms with Gasteiger partial charge in [0, 0.05) is 25.8 Å². The van der Waals surface area contributed by atoms with Gasteiger partial charge >= 0.3 is 0 Å². The molecule has 1 heterocycles. The third-order valence-corrected chi connectivity index (χ3v) is 4.96. The second-order valence-electron chi connectivity index (χ2n) is 7.51. The zero-order valence-electron chi connectivity index (χ0n) is 18.0. The fourth-order valence-electron chi connectivity index (χ4n) is 3.23. The lowest BCUT2D eigenvalue weighted by molar-refractivity contribution is -0.119. The molecule has 1 aliphatic heterocycles. The molecule has 0 radical (unpaired) electrons. The molecule has 0 bridgehead atoms. The molecule has 9 nitrogen and oxygen atoms in total. The summed E-state index contributed by atoms with van der Waals surface area (Å²) in [5.41, 5.74) is 8.29. The molecule has 0 spiro atoms. The summed E-state index contributed by atoms with van der Waals surface area (Å²) < 4.78 is 0. The van der Waals surface area contributed by atoms with Crippen LogP contribution in [0.25, 0.3) is 0 Å². The molecular formula is C23H25N5O4. The van der Waals surface area contributed by atoms with E-state index in [-0.39, 0.29) is 43.0 Å². The number of nitrogens with one attached hydrogen (secondary N) is 2. The zero-order valence-corrected chi connectivity index (χ0v) is 18.0. The number of anilines is 2. The maximum atomic E-state index is 12.9. The standard InChI is InChI=1S/C23H25N5O4/c1-14-7-8-15(2)19(13-14)28-21(30)10-9-18(27-28)23(32)26-17-6-4-3-5-16(17)22(31)25-12-11-20(24)29/h3-8,13H,9-12H2,1-2H3,(H2,24,29)(H,25,31)(H,26,32). The van der Waals surface area contributed by atoms with Crippen LogP contribution in [0.2, 0.25) is 0 Å². The Morgan fingerprint density at radius 1 is 1.06 bits per heavy atom. The van der Waals surface area contributed by atoms with Gasteiger partial charge in [-0.3, -0.25) is 19.2 Å². The van der Waals surface area contributed by atoms with Crippen molar-refractivity contribution >= 4 is 40.7 Å². The van der Waals surface area contributed by atoms with Crippen molar-refractivity contribution in [1.29, 1.82) is 0 Å². The third-order valence-electron chi connectivity index (χ3n) is 4.96. The summed E-state index contributed by atoms with van der Waals surface area (Å²) in [4.78, 5) is 48.7. The van der Waals surface area contributed by atoms with Crippen LogP contribution in [0.5, 0.6) is 0 Å². The van der Waals surface area contributed by atoms with Gasteiger partial charge in [-0.15, -0.1) is 0 Å². The topological polar surface area (TPSA) is 134 Å². The molecule has 4 amide bonds. The Hall–Kier alpha value is -4.01. The van der Waals surface area contributed by atoms with Crippen molar-refractivity contribution in [2.75, 3.05) is 16.9 Å². The van der Waals surface area contributed by atoms with Crippen LogP contribution >= 0.6 is 0 Å². The minimum Gasteiger partial charge on any atom is -0.370 e. The van der Waals surface area contributed by atoms with Gasteiger partial charge in [-0.05, 0) is 43.2 Å². The van der Waals surface area contributed by atoms with Crippen molar-refractivity contribution in [3.05, 3.63) is 59.2 Å². The Morgan fingerprint density at radius 3 is 2.56 bits per heavy atom. The van der Waals surface area contributed by atoms with Crippen LogP contribution in [0, 0.1) is 13.8 Å². The normalized spacial score (nSPS) is 13.4. The molecule has 2 aromatic rings. The molecule has 0 saturated heterocycles. The average molecular weight is 435 g/mol. The molecule has 0 unspecified atom stereocenters. The number of hydrogen-bond donors (Lipinski definition) is 3. The lowest BCUT2D eigenvalue weighted by atomic mass is 10.1. The number of benzene rings is 2. The number of amides is 4. The Kier molecular flexibility index (Phi) is 6.99. The van der Waals surface area contributed by atoms with Gasteiger partial charge in [0.1, 0.15) is 5.71 Å². The number of hydrazone groups is 1. The summed E-state index contributed by atoms with van der Waals surface area (Å²) in [6, 6.07) is 12.2. The first-order valence-electron chi connectivity index (χ1n) is 10.2. The highest BCUT2D eigenvalue weighted by Crippen LogP contribution is 2.26. The van der Waals surface area contributed by atoms with Crippen molar-refractivity contribution in [3.8, 4) is 0 Å². The van der Waals surface area contributed by atoms with E-state index in [9.17, 15) is 19.2 Å². The first-order valence-corrected chi connectivity index (χ1v) is 10.2. The number of rotatable bonds is 7. The molecular weight excluding hydrogens is 410 g/mol. The molecule has 166 valence electrons. The van der Waals surface area contributed by atoms with Crippen molar-refractivity contribution in [3.63, 3.8) is 0 Å². The molecule has 0 fully saturated rings. The minimum absolute atomic E-state index is 0.0132. The van der Waals surface area contributed by atoms with Crippen molar-refractivity contribution in [2.45, 2.75) is 33.1 Å². The highest BCUT2D eigenvalue weighted by atomic mass is 16.2. The highest BCUT2D eigenvalue weighted by molar-refractivity contribution is 6.44. The van der Waals surface area contributed by atoms with Gasteiger partial charge in [-0.25, -0.2) is 5.01 Å². The summed E-state index contributed by atoms with van der Waals surface area (Å²) in [5, 5.41) is 10.9. The Labute approximate surface area is 185 Å². The van der Waals surface area contributed by atoms with Gasteiger partial charge in [-0.1, -0.05) is 24.3 Å². The monoisotopic (exact) mass is 435 g/mol. The van der Waals surface area contributed by atoms with Gasteiger partial charge in [0.2, 0.25) is 11.8 Å². The Morgan fingerprint density at radius 2 is 1.81 bits per heavy atom. The van der Waals surface area contributed by atoms with Crippen LogP contribution in [0.3, 0.4) is 0 Å². The van der Waals surface area contributed by atoms with E-state index in [4.69, 9.17) is 5.73 Å². The lowest BCUT2D eigenvalue weighted by Crippen LogP contribution is -2.37. The number of aryl methyl sites for hydroxylation is 2. The second-order valence-corrected chi connectivity index (χ2v) is 7.51. The predicted octanol–water partition coefficient (Wildman–Crippen LogP) is 2.03. The van der Waals surface area contributed by atoms with E-state index in [0.717, 1.165) is 11.1 Å². The fraction of sp³-hybridized carbons (Fsp3) is 0.261. The summed E-state index contributed by atoms with van der Waals surface area (Å²) in [5.74, 6) is -1.65. The van der Waals surface area contributed by atoms with E-state index in [2.05, 4.69) is 15.7 Å². The number of nitrogens with two attached hydrogens (primary N) is 1. The Bertz CT molecular complexity index is 1110. The van der Waals surface area contributed by atoms with E-state index in [0.29, 0.717) is 11.4 Å². The van der Waals surface area contributed by atoms with Crippen LogP contribution in [-0.4, -0.2) is 35.9 Å². The number of para-hydroxylation sites is 1. The fourth-order valence-corrected chi connectivity index (χ4v) is 3.23. The SMILES string of the molecule is Cc1ccc(C)c(N2N=C(C(=O)Nc3ccccc3C(=O)NCCC(N)=O)CCC2=O)c1. The Balaban J connectivity index is 1.80. The van der Waals surface area contributed by atoms with E-state index in [1.807, 2.05) is 32.0 Å². The molecule has 0 aliphatic carbocycles. The molecule has 3 rings (SSSR count). The maximum absolute atomic E-state index is 12.9. The van der Waals surface area contributed by atoms with Gasteiger partial charge in [-0.2, -0.15) is 5.10 Å². The van der Waals surface area contributed by atoms with Crippen molar-refractivity contribution in [2.24, 2.45) is 10.8 Å². The smallest absolute Gasteiger partial charge is 0.271 e. The maximum Gasteiger partial charge on any atom is 0.271 e. The third kappa shape index (κ3) is 5.37. The number of carbonyl (C=O) groups excluding carboxylic acids is 4. The summed E-state index contributed by atoms with van der Waals surface area (Å²) >= 11 is 0. The van der Waals surface area contributed by atoms with Gasteiger partial charge in [0.15, 0.2) is 0 Å². The summed E-state index contributed by atoms with van der Waals surface area (Å²) in [7, 11) is 0. The summed E-state index contributed by atoms with van der Waals surface area (Å²) in [6.07, 6.45) is 0.354. The first kappa shape index (κ1) is 22.7. The minimum atomic E-state index is -0.523. The molecule has 32 heavy (non-hydrogen) atoms. The van der Waals surface area contributed by atoms with Crippen LogP contribution in [0.1, 0.15) is 40.7 Å². The number of hydrogen-bond acceptors (Lipinski definition) is 5. The van der Waals surface area contributed by atoms with Gasteiger partial charge in [0.05, 0.1) is 16.9 Å². The molecule has 0 atom stereocenters. The van der Waals surface area contributed by atoms with E-state index >= 15 is 0 Å². The van der Waals surface area contributed by atoms with Crippen molar-refractivity contribution < 1.29 is 19.2 Å². The van der Waals surface area contributed by atoms with E-state index in [1.165, 1.54) is 5.01 Å². The summed E-state index contributed by atoms with van der Waals surface area (Å²) in [6.45, 7) is 3.88. The van der Waals surface area contributed by atoms with Crippen LogP contribution in [-0.2, 0) is 14.4 Å². The second kappa shape index (κ2) is 9.86. The average Bonchev–Trinajstić information content (AvgIpc) is 2.76. The van der Waals surface area contributed by atoms with Gasteiger partial charge in [0.25, 0.3) is 11.8 Å². The van der Waals surface area contributed by atoms with Crippen LogP contribution < -0.4 is 21.4 Å².